The summed E-state index contributed by atoms with van der Waals surface area (Å²) in [7, 11) is 0. The van der Waals surface area contributed by atoms with Crippen LogP contribution in [0, 0.1) is 5.92 Å². The van der Waals surface area contributed by atoms with E-state index in [1.807, 2.05) is 25.1 Å². The third-order valence-electron chi connectivity index (χ3n) is 4.28. The molecule has 0 bridgehead atoms. The fourth-order valence-electron chi connectivity index (χ4n) is 2.94. The maximum atomic E-state index is 12.4. The molecule has 2 heterocycles. The zero-order valence-corrected chi connectivity index (χ0v) is 13.6. The van der Waals surface area contributed by atoms with Gasteiger partial charge in [-0.2, -0.15) is 0 Å². The summed E-state index contributed by atoms with van der Waals surface area (Å²) in [5.74, 6) is 0.530. The number of aromatic nitrogens is 1. The Morgan fingerprint density at radius 2 is 2.25 bits per heavy atom. The van der Waals surface area contributed by atoms with Crippen LogP contribution in [-0.2, 0) is 6.42 Å². The van der Waals surface area contributed by atoms with E-state index in [1.54, 1.807) is 18.3 Å². The van der Waals surface area contributed by atoms with E-state index < -0.39 is 0 Å². The number of nitrogens with zero attached hydrogens (tertiary/aromatic N) is 1. The molecule has 1 saturated carbocycles. The van der Waals surface area contributed by atoms with Crippen LogP contribution in [0.25, 0.3) is 0 Å². The summed E-state index contributed by atoms with van der Waals surface area (Å²) in [5.41, 5.74) is 0.915. The van der Waals surface area contributed by atoms with Crippen LogP contribution < -0.4 is 10.1 Å². The fraction of sp³-hybridized carbons (Fsp3) is 0.444. The lowest BCUT2D eigenvalue weighted by Gasteiger charge is -2.37. The summed E-state index contributed by atoms with van der Waals surface area (Å²) in [6.45, 7) is 2.34. The monoisotopic (exact) mass is 330 g/mol. The van der Waals surface area contributed by atoms with Crippen LogP contribution in [0.2, 0.25) is 0 Å². The van der Waals surface area contributed by atoms with E-state index in [2.05, 4.69) is 10.3 Å². The molecule has 0 unspecified atom stereocenters. The van der Waals surface area contributed by atoms with Gasteiger partial charge in [0, 0.05) is 30.4 Å². The van der Waals surface area contributed by atoms with Gasteiger partial charge in [0.25, 0.3) is 11.9 Å². The minimum atomic E-state index is -0.275. The van der Waals surface area contributed by atoms with Crippen LogP contribution in [0.15, 0.2) is 40.9 Å². The lowest BCUT2D eigenvalue weighted by Crippen LogP contribution is -2.48. The highest BCUT2D eigenvalue weighted by atomic mass is 16.6. The number of furan rings is 1. The third kappa shape index (κ3) is 3.94. The summed E-state index contributed by atoms with van der Waals surface area (Å²) in [6, 6.07) is 8.89. The minimum Gasteiger partial charge on any atom is -0.465 e. The maximum absolute atomic E-state index is 12.4. The Balaban J connectivity index is 1.67. The number of aliphatic hydroxyl groups is 1. The topological polar surface area (TPSA) is 84.6 Å². The highest BCUT2D eigenvalue weighted by Gasteiger charge is 2.35. The van der Waals surface area contributed by atoms with Crippen molar-refractivity contribution in [1.29, 1.82) is 0 Å². The summed E-state index contributed by atoms with van der Waals surface area (Å²) in [4.78, 5) is 16.8. The molecule has 1 atom stereocenters. The fourth-order valence-corrected chi connectivity index (χ4v) is 2.94. The van der Waals surface area contributed by atoms with Gasteiger partial charge in [-0.3, -0.25) is 9.78 Å². The molecule has 1 aliphatic rings. The number of pyridine rings is 1. The highest BCUT2D eigenvalue weighted by molar-refractivity contribution is 5.91. The molecular weight excluding hydrogens is 308 g/mol. The lowest BCUT2D eigenvalue weighted by molar-refractivity contribution is 0.0234. The van der Waals surface area contributed by atoms with Gasteiger partial charge in [0.15, 0.2) is 5.76 Å². The standard InChI is InChI=1S/C18H22N2O4/c1-2-23-17-7-6-16(24-17)18(22)20-15(12-9-14(21)10-12)11-13-5-3-4-8-19-13/h3-8,12,14-15,21H,2,9-11H2,1H3,(H,20,22)/t12?,14?,15-/m0/s1. The Kier molecular flexibility index (Phi) is 5.15. The Morgan fingerprint density at radius 1 is 1.42 bits per heavy atom. The third-order valence-corrected chi connectivity index (χ3v) is 4.28. The van der Waals surface area contributed by atoms with Crippen molar-refractivity contribution in [3.05, 3.63) is 48.0 Å². The molecule has 1 amide bonds. The number of hydrogen-bond acceptors (Lipinski definition) is 5. The molecule has 0 aliphatic heterocycles. The predicted molar refractivity (Wildman–Crippen MR) is 87.8 cm³/mol. The molecule has 1 fully saturated rings. The van der Waals surface area contributed by atoms with Crippen molar-refractivity contribution in [3.63, 3.8) is 0 Å². The molecule has 2 aromatic heterocycles. The number of amides is 1. The molecule has 24 heavy (non-hydrogen) atoms. The van der Waals surface area contributed by atoms with Gasteiger partial charge in [-0.1, -0.05) is 6.07 Å². The van der Waals surface area contributed by atoms with Crippen LogP contribution in [-0.4, -0.2) is 34.8 Å². The van der Waals surface area contributed by atoms with Crippen LogP contribution in [0.3, 0.4) is 0 Å². The average Bonchev–Trinajstić information content (AvgIpc) is 3.01. The first-order chi connectivity index (χ1) is 11.7. The van der Waals surface area contributed by atoms with Gasteiger partial charge in [0.1, 0.15) is 0 Å². The average molecular weight is 330 g/mol. The van der Waals surface area contributed by atoms with Crippen molar-refractivity contribution in [2.75, 3.05) is 6.61 Å². The van der Waals surface area contributed by atoms with Crippen molar-refractivity contribution >= 4 is 5.91 Å². The van der Waals surface area contributed by atoms with Crippen molar-refractivity contribution in [2.24, 2.45) is 5.92 Å². The summed E-state index contributed by atoms with van der Waals surface area (Å²) < 4.78 is 10.6. The van der Waals surface area contributed by atoms with Gasteiger partial charge in [0.2, 0.25) is 0 Å². The van der Waals surface area contributed by atoms with Gasteiger partial charge in [-0.05, 0) is 43.9 Å². The van der Waals surface area contributed by atoms with Crippen LogP contribution in [0.1, 0.15) is 36.0 Å². The minimum absolute atomic E-state index is 0.0866. The molecular formula is C18H22N2O4. The molecule has 6 heteroatoms. The quantitative estimate of drug-likeness (QED) is 0.813. The Labute approximate surface area is 140 Å². The molecule has 0 saturated heterocycles. The SMILES string of the molecule is CCOc1ccc(C(=O)N[C@@H](Cc2ccccn2)C2CC(O)C2)o1. The number of rotatable bonds is 7. The normalized spacial score (nSPS) is 20.9. The Morgan fingerprint density at radius 3 is 2.92 bits per heavy atom. The molecule has 6 nitrogen and oxygen atoms in total. The first kappa shape index (κ1) is 16.5. The molecule has 2 aromatic rings. The number of carbonyl (C=O) groups is 1. The van der Waals surface area contributed by atoms with E-state index in [4.69, 9.17) is 9.15 Å². The van der Waals surface area contributed by atoms with Crippen molar-refractivity contribution < 1.29 is 19.1 Å². The smallest absolute Gasteiger partial charge is 0.287 e. The van der Waals surface area contributed by atoms with Crippen LogP contribution in [0.4, 0.5) is 0 Å². The number of ether oxygens (including phenoxy) is 1. The number of nitrogens with one attached hydrogen (secondary N) is 1. The molecule has 1 aliphatic carbocycles. The van der Waals surface area contributed by atoms with Gasteiger partial charge in [0.05, 0.1) is 12.7 Å². The van der Waals surface area contributed by atoms with Crippen LogP contribution in [0.5, 0.6) is 5.95 Å². The zero-order chi connectivity index (χ0) is 16.9. The Bertz CT molecular complexity index is 665. The Hall–Kier alpha value is -2.34. The maximum Gasteiger partial charge on any atom is 0.287 e. The molecule has 0 radical (unpaired) electrons. The van der Waals surface area contributed by atoms with Crippen LogP contribution >= 0.6 is 0 Å². The molecule has 2 N–H and O–H groups in total. The molecule has 0 spiro atoms. The summed E-state index contributed by atoms with van der Waals surface area (Å²) in [6.07, 6.45) is 3.49. The van der Waals surface area contributed by atoms with E-state index in [9.17, 15) is 9.90 Å². The van der Waals surface area contributed by atoms with E-state index >= 15 is 0 Å². The second kappa shape index (κ2) is 7.49. The highest BCUT2D eigenvalue weighted by Crippen LogP contribution is 2.31. The van der Waals surface area contributed by atoms with Crippen molar-refractivity contribution in [1.82, 2.24) is 10.3 Å². The molecule has 0 aromatic carbocycles. The van der Waals surface area contributed by atoms with E-state index in [0.717, 1.165) is 5.69 Å². The van der Waals surface area contributed by atoms with Gasteiger partial charge < -0.3 is 19.6 Å². The molecule has 3 rings (SSSR count). The van der Waals surface area contributed by atoms with Crippen molar-refractivity contribution in [3.8, 4) is 5.95 Å². The number of carbonyl (C=O) groups excluding carboxylic acids is 1. The second-order valence-electron chi connectivity index (χ2n) is 6.04. The van der Waals surface area contributed by atoms with Gasteiger partial charge in [-0.15, -0.1) is 0 Å². The van der Waals surface area contributed by atoms with E-state index in [-0.39, 0.29) is 29.7 Å². The van der Waals surface area contributed by atoms with Gasteiger partial charge in [-0.25, -0.2) is 0 Å². The van der Waals surface area contributed by atoms with Crippen molar-refractivity contribution in [2.45, 2.75) is 38.3 Å². The number of hydrogen-bond donors (Lipinski definition) is 2. The zero-order valence-electron chi connectivity index (χ0n) is 13.6. The number of aliphatic hydroxyl groups excluding tert-OH is 1. The lowest BCUT2D eigenvalue weighted by atomic mass is 9.76. The van der Waals surface area contributed by atoms with E-state index in [1.165, 1.54) is 0 Å². The van der Waals surface area contributed by atoms with E-state index in [0.29, 0.717) is 31.8 Å². The molecule has 128 valence electrons. The second-order valence-corrected chi connectivity index (χ2v) is 6.04. The first-order valence-electron chi connectivity index (χ1n) is 8.27. The van der Waals surface area contributed by atoms with Gasteiger partial charge >= 0.3 is 0 Å². The summed E-state index contributed by atoms with van der Waals surface area (Å²) in [5, 5.41) is 12.6. The largest absolute Gasteiger partial charge is 0.465 e. The predicted octanol–water partition coefficient (Wildman–Crippen LogP) is 2.19. The first-order valence-corrected chi connectivity index (χ1v) is 8.27. The summed E-state index contributed by atoms with van der Waals surface area (Å²) >= 11 is 0.